The van der Waals surface area contributed by atoms with Crippen molar-refractivity contribution in [2.24, 2.45) is 5.92 Å². The number of nitrogens with one attached hydrogen (secondary N) is 2. The summed E-state index contributed by atoms with van der Waals surface area (Å²) < 4.78 is 10.1. The van der Waals surface area contributed by atoms with Gasteiger partial charge in [0.15, 0.2) is 6.54 Å². The van der Waals surface area contributed by atoms with Crippen LogP contribution < -0.4 is 15.0 Å². The number of quaternary nitrogens is 1. The third-order valence-electron chi connectivity index (χ3n) is 4.55. The third-order valence-corrected chi connectivity index (χ3v) is 4.55. The van der Waals surface area contributed by atoms with Gasteiger partial charge in [-0.3, -0.25) is 9.59 Å². The molecule has 0 aromatic heterocycles. The summed E-state index contributed by atoms with van der Waals surface area (Å²) in [7, 11) is 3.08. The summed E-state index contributed by atoms with van der Waals surface area (Å²) in [6.45, 7) is 2.72. The maximum Gasteiger partial charge on any atom is 0.309 e. The van der Waals surface area contributed by atoms with E-state index in [9.17, 15) is 9.59 Å². The molecule has 0 atom stereocenters. The molecule has 6 nitrogen and oxygen atoms in total. The Balaban J connectivity index is 1.68. The highest BCUT2D eigenvalue weighted by molar-refractivity contribution is 5.76. The Labute approximate surface area is 143 Å². The van der Waals surface area contributed by atoms with E-state index in [-0.39, 0.29) is 17.8 Å². The van der Waals surface area contributed by atoms with E-state index in [4.69, 9.17) is 9.47 Å². The van der Waals surface area contributed by atoms with Crippen molar-refractivity contribution in [1.82, 2.24) is 5.32 Å². The lowest BCUT2D eigenvalue weighted by Crippen LogP contribution is -3.14. The highest BCUT2D eigenvalue weighted by Crippen LogP contribution is 2.17. The standard InChI is InChI=1S/C18H26N2O4/c1-23-16-6-4-3-5-14(16)7-10-19-17(21)13-20-11-8-15(9-12-20)18(22)24-2/h3-6,15H,7-13H2,1-2H3,(H,19,21)/p+1. The largest absolute Gasteiger partial charge is 0.496 e. The zero-order valence-corrected chi connectivity index (χ0v) is 14.5. The van der Waals surface area contributed by atoms with E-state index in [0.717, 1.165) is 43.7 Å². The second kappa shape index (κ2) is 9.27. The number of ether oxygens (including phenoxy) is 2. The van der Waals surface area contributed by atoms with Gasteiger partial charge in [-0.2, -0.15) is 0 Å². The van der Waals surface area contributed by atoms with E-state index in [1.807, 2.05) is 24.3 Å². The molecule has 2 rings (SSSR count). The summed E-state index contributed by atoms with van der Waals surface area (Å²) in [5.41, 5.74) is 1.09. The third kappa shape index (κ3) is 5.23. The van der Waals surface area contributed by atoms with Crippen LogP contribution in [0.2, 0.25) is 0 Å². The van der Waals surface area contributed by atoms with Gasteiger partial charge in [-0.25, -0.2) is 0 Å². The van der Waals surface area contributed by atoms with Crippen LogP contribution in [0, 0.1) is 5.92 Å². The van der Waals surface area contributed by atoms with Crippen molar-refractivity contribution in [3.63, 3.8) is 0 Å². The van der Waals surface area contributed by atoms with E-state index in [0.29, 0.717) is 13.1 Å². The Bertz CT molecular complexity index is 554. The summed E-state index contributed by atoms with van der Waals surface area (Å²) in [5.74, 6) is 0.765. The molecule has 0 aliphatic carbocycles. The Hall–Kier alpha value is -2.08. The quantitative estimate of drug-likeness (QED) is 0.679. The van der Waals surface area contributed by atoms with Crippen molar-refractivity contribution in [3.05, 3.63) is 29.8 Å². The van der Waals surface area contributed by atoms with Gasteiger partial charge in [0.2, 0.25) is 0 Å². The van der Waals surface area contributed by atoms with Gasteiger partial charge >= 0.3 is 5.97 Å². The van der Waals surface area contributed by atoms with Crippen LogP contribution in [0.15, 0.2) is 24.3 Å². The smallest absolute Gasteiger partial charge is 0.309 e. The summed E-state index contributed by atoms with van der Waals surface area (Å²) in [5, 5.41) is 2.97. The molecule has 1 aromatic carbocycles. The molecule has 1 saturated heterocycles. The first kappa shape index (κ1) is 18.3. The molecule has 0 spiro atoms. The molecule has 6 heteroatoms. The Morgan fingerprint density at radius 3 is 2.58 bits per heavy atom. The minimum absolute atomic E-state index is 0.00708. The summed E-state index contributed by atoms with van der Waals surface area (Å²) in [6, 6.07) is 7.83. The van der Waals surface area contributed by atoms with Crippen molar-refractivity contribution >= 4 is 11.9 Å². The van der Waals surface area contributed by atoms with Crippen LogP contribution in [0.5, 0.6) is 5.75 Å². The molecule has 1 aliphatic rings. The number of piperidine rings is 1. The highest BCUT2D eigenvalue weighted by Gasteiger charge is 2.28. The van der Waals surface area contributed by atoms with Crippen LogP contribution in [-0.4, -0.2) is 52.3 Å². The summed E-state index contributed by atoms with van der Waals surface area (Å²) in [4.78, 5) is 24.8. The molecule has 24 heavy (non-hydrogen) atoms. The number of methoxy groups -OCH3 is 2. The fourth-order valence-corrected chi connectivity index (χ4v) is 3.14. The number of amides is 1. The molecular formula is C18H27N2O4+. The fourth-order valence-electron chi connectivity index (χ4n) is 3.14. The van der Waals surface area contributed by atoms with Gasteiger partial charge in [-0.05, 0) is 18.1 Å². The number of likely N-dealkylation sites (tertiary alicyclic amines) is 1. The topological polar surface area (TPSA) is 69.1 Å². The summed E-state index contributed by atoms with van der Waals surface area (Å²) >= 11 is 0. The predicted octanol–water partition coefficient (Wildman–Crippen LogP) is -0.178. The lowest BCUT2D eigenvalue weighted by Gasteiger charge is -2.27. The van der Waals surface area contributed by atoms with Gasteiger partial charge in [0.25, 0.3) is 5.91 Å². The molecule has 1 heterocycles. The first-order chi connectivity index (χ1) is 11.6. The number of benzene rings is 1. The monoisotopic (exact) mass is 335 g/mol. The van der Waals surface area contributed by atoms with Gasteiger partial charge in [0.05, 0.1) is 33.2 Å². The molecule has 0 saturated carbocycles. The van der Waals surface area contributed by atoms with E-state index in [2.05, 4.69) is 5.32 Å². The van der Waals surface area contributed by atoms with Crippen LogP contribution in [0.1, 0.15) is 18.4 Å². The molecule has 0 bridgehead atoms. The molecule has 1 aliphatic heterocycles. The number of para-hydroxylation sites is 1. The van der Waals surface area contributed by atoms with Gasteiger partial charge in [0, 0.05) is 19.4 Å². The highest BCUT2D eigenvalue weighted by atomic mass is 16.5. The normalized spacial score (nSPS) is 20.2. The average molecular weight is 335 g/mol. The van der Waals surface area contributed by atoms with Crippen LogP contribution in [0.3, 0.4) is 0 Å². The first-order valence-corrected chi connectivity index (χ1v) is 8.44. The van der Waals surface area contributed by atoms with Gasteiger partial charge in [-0.1, -0.05) is 18.2 Å². The number of hydrogen-bond acceptors (Lipinski definition) is 4. The Morgan fingerprint density at radius 2 is 1.92 bits per heavy atom. The van der Waals surface area contributed by atoms with Crippen LogP contribution >= 0.6 is 0 Å². The number of hydrogen-bond donors (Lipinski definition) is 2. The van der Waals surface area contributed by atoms with Gasteiger partial charge < -0.3 is 19.7 Å². The van der Waals surface area contributed by atoms with E-state index < -0.39 is 0 Å². The maximum absolute atomic E-state index is 12.1. The Kier molecular flexibility index (Phi) is 7.06. The summed E-state index contributed by atoms with van der Waals surface area (Å²) in [6.07, 6.45) is 2.32. The lowest BCUT2D eigenvalue weighted by molar-refractivity contribution is -0.897. The Morgan fingerprint density at radius 1 is 1.21 bits per heavy atom. The predicted molar refractivity (Wildman–Crippen MR) is 90.0 cm³/mol. The molecule has 1 aromatic rings. The molecule has 132 valence electrons. The SMILES string of the molecule is COC(=O)C1CC[NH+](CC(=O)NCCc2ccccc2OC)CC1. The molecule has 2 N–H and O–H groups in total. The van der Waals surface area contributed by atoms with Crippen molar-refractivity contribution < 1.29 is 24.0 Å². The van der Waals surface area contributed by atoms with Crippen molar-refractivity contribution in [2.45, 2.75) is 19.3 Å². The van der Waals surface area contributed by atoms with E-state index >= 15 is 0 Å². The first-order valence-electron chi connectivity index (χ1n) is 8.44. The zero-order chi connectivity index (χ0) is 17.4. The van der Waals surface area contributed by atoms with Crippen LogP contribution in [0.25, 0.3) is 0 Å². The van der Waals surface area contributed by atoms with Crippen LogP contribution in [-0.2, 0) is 20.7 Å². The average Bonchev–Trinajstić information content (AvgIpc) is 2.62. The van der Waals surface area contributed by atoms with Crippen molar-refractivity contribution in [1.29, 1.82) is 0 Å². The van der Waals surface area contributed by atoms with Crippen LogP contribution in [0.4, 0.5) is 0 Å². The maximum atomic E-state index is 12.1. The van der Waals surface area contributed by atoms with Gasteiger partial charge in [0.1, 0.15) is 5.75 Å². The van der Waals surface area contributed by atoms with E-state index in [1.54, 1.807) is 7.11 Å². The number of rotatable bonds is 7. The molecule has 1 amide bonds. The second-order valence-corrected chi connectivity index (χ2v) is 6.14. The van der Waals surface area contributed by atoms with Crippen molar-refractivity contribution in [3.8, 4) is 5.75 Å². The minimum Gasteiger partial charge on any atom is -0.496 e. The zero-order valence-electron chi connectivity index (χ0n) is 14.5. The molecular weight excluding hydrogens is 308 g/mol. The van der Waals surface area contributed by atoms with Crippen molar-refractivity contribution in [2.75, 3.05) is 40.4 Å². The second-order valence-electron chi connectivity index (χ2n) is 6.14. The van der Waals surface area contributed by atoms with E-state index in [1.165, 1.54) is 12.0 Å². The number of carbonyl (C=O) groups excluding carboxylic acids is 2. The lowest BCUT2D eigenvalue weighted by atomic mass is 9.97. The molecule has 0 radical (unpaired) electrons. The number of esters is 1. The molecule has 1 fully saturated rings. The number of carbonyl (C=O) groups is 2. The fraction of sp³-hybridized carbons (Fsp3) is 0.556. The van der Waals surface area contributed by atoms with Gasteiger partial charge in [-0.15, -0.1) is 0 Å². The minimum atomic E-state index is -0.129. The molecule has 0 unspecified atom stereocenters.